The van der Waals surface area contributed by atoms with Gasteiger partial charge < -0.3 is 9.47 Å². The molecule has 0 spiro atoms. The Morgan fingerprint density at radius 1 is 1.11 bits per heavy atom. The van der Waals surface area contributed by atoms with Gasteiger partial charge in [-0.3, -0.25) is 4.90 Å². The van der Waals surface area contributed by atoms with Crippen molar-refractivity contribution in [1.29, 1.82) is 0 Å². The minimum atomic E-state index is -0.256. The van der Waals surface area contributed by atoms with E-state index in [4.69, 9.17) is 9.47 Å². The summed E-state index contributed by atoms with van der Waals surface area (Å²) in [5.74, 6) is 0. The number of benzene rings is 2. The van der Waals surface area contributed by atoms with Crippen LogP contribution in [0.15, 0.2) is 54.6 Å². The van der Waals surface area contributed by atoms with Crippen molar-refractivity contribution in [2.75, 3.05) is 13.2 Å². The standard InChI is InChI=1S/C23H25NO3/c1-16-7-6-10-22(17(16)2)19-11-20-14-26-15-21(12-19)24(20)23(25)27-13-18-8-4-3-5-9-18/h3-11,20-21H,12-15H2,1-2H3. The summed E-state index contributed by atoms with van der Waals surface area (Å²) in [6.07, 6.45) is 2.72. The molecular weight excluding hydrogens is 338 g/mol. The summed E-state index contributed by atoms with van der Waals surface area (Å²) in [7, 11) is 0. The van der Waals surface area contributed by atoms with Crippen molar-refractivity contribution in [1.82, 2.24) is 4.90 Å². The highest BCUT2D eigenvalue weighted by molar-refractivity contribution is 5.76. The van der Waals surface area contributed by atoms with E-state index >= 15 is 0 Å². The lowest BCUT2D eigenvalue weighted by molar-refractivity contribution is -0.0342. The Bertz CT molecular complexity index is 859. The predicted molar refractivity (Wildman–Crippen MR) is 105 cm³/mol. The molecule has 0 saturated carbocycles. The van der Waals surface area contributed by atoms with Gasteiger partial charge >= 0.3 is 6.09 Å². The van der Waals surface area contributed by atoms with Crippen LogP contribution in [-0.4, -0.2) is 36.3 Å². The smallest absolute Gasteiger partial charge is 0.411 e. The summed E-state index contributed by atoms with van der Waals surface area (Å²) < 4.78 is 11.3. The molecule has 27 heavy (non-hydrogen) atoms. The molecule has 4 heteroatoms. The van der Waals surface area contributed by atoms with Crippen LogP contribution in [0.2, 0.25) is 0 Å². The van der Waals surface area contributed by atoms with E-state index in [1.165, 1.54) is 22.3 Å². The van der Waals surface area contributed by atoms with Gasteiger partial charge in [0.05, 0.1) is 25.3 Å². The third-order valence-electron chi connectivity index (χ3n) is 5.57. The average molecular weight is 363 g/mol. The lowest BCUT2D eigenvalue weighted by atomic mass is 9.87. The molecular formula is C23H25NO3. The Morgan fingerprint density at radius 2 is 1.93 bits per heavy atom. The summed E-state index contributed by atoms with van der Waals surface area (Å²) in [6, 6.07) is 16.1. The van der Waals surface area contributed by atoms with Crippen LogP contribution in [0.3, 0.4) is 0 Å². The normalized spacial score (nSPS) is 21.6. The number of hydrogen-bond donors (Lipinski definition) is 0. The number of hydrogen-bond acceptors (Lipinski definition) is 3. The zero-order valence-corrected chi connectivity index (χ0v) is 15.9. The average Bonchev–Trinajstić information content (AvgIpc) is 2.68. The number of aryl methyl sites for hydroxylation is 1. The van der Waals surface area contributed by atoms with Crippen molar-refractivity contribution in [3.05, 3.63) is 76.9 Å². The Hall–Kier alpha value is -2.59. The first-order chi connectivity index (χ1) is 13.1. The largest absolute Gasteiger partial charge is 0.445 e. The number of amides is 1. The molecule has 2 aliphatic rings. The number of morpholine rings is 1. The van der Waals surface area contributed by atoms with Crippen LogP contribution in [0.25, 0.3) is 5.57 Å². The fourth-order valence-electron chi connectivity index (χ4n) is 3.97. The molecule has 1 fully saturated rings. The van der Waals surface area contributed by atoms with E-state index in [9.17, 15) is 4.79 Å². The first-order valence-electron chi connectivity index (χ1n) is 9.47. The van der Waals surface area contributed by atoms with E-state index in [1.54, 1.807) is 0 Å². The van der Waals surface area contributed by atoms with Crippen LogP contribution >= 0.6 is 0 Å². The fourth-order valence-corrected chi connectivity index (χ4v) is 3.97. The lowest BCUT2D eigenvalue weighted by Gasteiger charge is -2.44. The zero-order chi connectivity index (χ0) is 18.8. The number of carbonyl (C=O) groups is 1. The third kappa shape index (κ3) is 3.62. The molecule has 2 aromatic carbocycles. The maximum atomic E-state index is 12.8. The van der Waals surface area contributed by atoms with Gasteiger partial charge in [0, 0.05) is 0 Å². The molecule has 2 heterocycles. The molecule has 4 nitrogen and oxygen atoms in total. The highest BCUT2D eigenvalue weighted by Crippen LogP contribution is 2.34. The minimum Gasteiger partial charge on any atom is -0.445 e. The number of nitrogens with zero attached hydrogens (tertiary/aromatic N) is 1. The molecule has 2 atom stereocenters. The number of carbonyl (C=O) groups excluding carboxylic acids is 1. The van der Waals surface area contributed by atoms with E-state index in [0.29, 0.717) is 19.8 Å². The molecule has 2 aromatic rings. The number of rotatable bonds is 3. The molecule has 2 unspecified atom stereocenters. The second kappa shape index (κ2) is 7.57. The molecule has 0 aliphatic carbocycles. The summed E-state index contributed by atoms with van der Waals surface area (Å²) in [5.41, 5.74) is 6.18. The van der Waals surface area contributed by atoms with Crippen LogP contribution in [0.5, 0.6) is 0 Å². The molecule has 0 aromatic heterocycles. The van der Waals surface area contributed by atoms with Crippen LogP contribution < -0.4 is 0 Å². The van der Waals surface area contributed by atoms with E-state index in [1.807, 2.05) is 35.2 Å². The van der Waals surface area contributed by atoms with Gasteiger partial charge in [0.1, 0.15) is 6.61 Å². The summed E-state index contributed by atoms with van der Waals surface area (Å²) >= 11 is 0. The van der Waals surface area contributed by atoms with Gasteiger partial charge in [0.15, 0.2) is 0 Å². The molecule has 4 rings (SSSR count). The molecule has 1 saturated heterocycles. The maximum absolute atomic E-state index is 12.8. The Balaban J connectivity index is 1.53. The number of fused-ring (bicyclic) bond motifs is 2. The van der Waals surface area contributed by atoms with E-state index in [2.05, 4.69) is 38.1 Å². The van der Waals surface area contributed by atoms with Gasteiger partial charge in [-0.1, -0.05) is 54.6 Å². The van der Waals surface area contributed by atoms with E-state index in [0.717, 1.165) is 12.0 Å². The summed E-state index contributed by atoms with van der Waals surface area (Å²) in [6.45, 7) is 5.67. The van der Waals surface area contributed by atoms with Gasteiger partial charge in [0.25, 0.3) is 0 Å². The number of ether oxygens (including phenoxy) is 2. The first kappa shape index (κ1) is 17.8. The predicted octanol–water partition coefficient (Wildman–Crippen LogP) is 4.50. The van der Waals surface area contributed by atoms with Crippen molar-refractivity contribution in [2.24, 2.45) is 0 Å². The van der Waals surface area contributed by atoms with Crippen molar-refractivity contribution >= 4 is 11.7 Å². The molecule has 140 valence electrons. The molecule has 1 amide bonds. The summed E-state index contributed by atoms with van der Waals surface area (Å²) in [4.78, 5) is 14.6. The molecule has 2 bridgehead atoms. The van der Waals surface area contributed by atoms with Gasteiger partial charge in [-0.15, -0.1) is 0 Å². The first-order valence-corrected chi connectivity index (χ1v) is 9.47. The van der Waals surface area contributed by atoms with Crippen molar-refractivity contribution in [3.8, 4) is 0 Å². The quantitative estimate of drug-likeness (QED) is 0.806. The Labute approximate surface area is 160 Å². The zero-order valence-electron chi connectivity index (χ0n) is 15.9. The van der Waals surface area contributed by atoms with Crippen molar-refractivity contribution in [3.63, 3.8) is 0 Å². The van der Waals surface area contributed by atoms with Crippen molar-refractivity contribution < 1.29 is 14.3 Å². The second-order valence-corrected chi connectivity index (χ2v) is 7.35. The van der Waals surface area contributed by atoms with Crippen LogP contribution in [0.1, 0.15) is 28.7 Å². The van der Waals surface area contributed by atoms with Crippen LogP contribution in [0, 0.1) is 13.8 Å². The van der Waals surface area contributed by atoms with Crippen LogP contribution in [0.4, 0.5) is 4.79 Å². The topological polar surface area (TPSA) is 38.8 Å². The SMILES string of the molecule is Cc1cccc(C2=CC3COCC(C2)N3C(=O)OCc2ccccc2)c1C. The second-order valence-electron chi connectivity index (χ2n) is 7.35. The highest BCUT2D eigenvalue weighted by atomic mass is 16.6. The Kier molecular flexibility index (Phi) is 4.99. The maximum Gasteiger partial charge on any atom is 0.411 e. The van der Waals surface area contributed by atoms with E-state index in [-0.39, 0.29) is 18.2 Å². The monoisotopic (exact) mass is 363 g/mol. The van der Waals surface area contributed by atoms with Gasteiger partial charge in [-0.2, -0.15) is 0 Å². The third-order valence-corrected chi connectivity index (χ3v) is 5.57. The Morgan fingerprint density at radius 3 is 2.70 bits per heavy atom. The van der Waals surface area contributed by atoms with Gasteiger partial charge in [0.2, 0.25) is 0 Å². The minimum absolute atomic E-state index is 0.0203. The van der Waals surface area contributed by atoms with Gasteiger partial charge in [-0.05, 0) is 48.1 Å². The van der Waals surface area contributed by atoms with Gasteiger partial charge in [-0.25, -0.2) is 4.79 Å². The lowest BCUT2D eigenvalue weighted by Crippen LogP contribution is -2.56. The fraction of sp³-hybridized carbons (Fsp3) is 0.348. The highest BCUT2D eigenvalue weighted by Gasteiger charge is 2.39. The van der Waals surface area contributed by atoms with E-state index < -0.39 is 0 Å². The van der Waals surface area contributed by atoms with Crippen LogP contribution in [-0.2, 0) is 16.1 Å². The van der Waals surface area contributed by atoms with Crippen molar-refractivity contribution in [2.45, 2.75) is 39.0 Å². The molecule has 2 aliphatic heterocycles. The molecule has 0 N–H and O–H groups in total. The summed E-state index contributed by atoms with van der Waals surface area (Å²) in [5, 5.41) is 0. The molecule has 0 radical (unpaired) electrons.